The Balaban J connectivity index is 1.49. The molecule has 3 aromatic carbocycles. The number of anilines is 1. The van der Waals surface area contributed by atoms with E-state index in [1.54, 1.807) is 30.3 Å². The Morgan fingerprint density at radius 3 is 2.53 bits per heavy atom. The zero-order valence-corrected chi connectivity index (χ0v) is 18.4. The summed E-state index contributed by atoms with van der Waals surface area (Å²) in [7, 11) is -3.88. The summed E-state index contributed by atoms with van der Waals surface area (Å²) in [6.07, 6.45) is 0.816. The molecule has 0 aliphatic carbocycles. The second kappa shape index (κ2) is 9.00. The summed E-state index contributed by atoms with van der Waals surface area (Å²) in [5.41, 5.74) is 3.00. The fraction of sp³-hybridized carbons (Fsp3) is 0.208. The third kappa shape index (κ3) is 4.31. The van der Waals surface area contributed by atoms with Gasteiger partial charge in [-0.2, -0.15) is 0 Å². The summed E-state index contributed by atoms with van der Waals surface area (Å²) in [5, 5.41) is 2.68. The fourth-order valence-electron chi connectivity index (χ4n) is 3.65. The largest absolute Gasteiger partial charge is 0.492 e. The number of nitrogens with one attached hydrogen (secondary N) is 1. The van der Waals surface area contributed by atoms with Crippen molar-refractivity contribution in [1.29, 1.82) is 0 Å². The van der Waals surface area contributed by atoms with Crippen LogP contribution in [-0.2, 0) is 21.2 Å². The highest BCUT2D eigenvalue weighted by Crippen LogP contribution is 2.43. The van der Waals surface area contributed by atoms with Gasteiger partial charge in [-0.3, -0.25) is 9.10 Å². The summed E-state index contributed by atoms with van der Waals surface area (Å²) in [4.78, 5) is 12.8. The molecular formula is C24H23FN2O4S. The molecule has 0 fully saturated rings. The van der Waals surface area contributed by atoms with Crippen molar-refractivity contribution in [1.82, 2.24) is 5.32 Å². The molecule has 1 heterocycles. The van der Waals surface area contributed by atoms with Gasteiger partial charge in [0.05, 0.1) is 17.1 Å². The van der Waals surface area contributed by atoms with E-state index >= 15 is 0 Å². The van der Waals surface area contributed by atoms with Gasteiger partial charge in [-0.05, 0) is 54.4 Å². The molecule has 0 radical (unpaired) electrons. The van der Waals surface area contributed by atoms with E-state index in [2.05, 4.69) is 5.32 Å². The molecule has 4 rings (SSSR count). The number of hydrogen-bond donors (Lipinski definition) is 1. The number of amides is 1. The Kier molecular flexibility index (Phi) is 6.14. The predicted molar refractivity (Wildman–Crippen MR) is 121 cm³/mol. The van der Waals surface area contributed by atoms with Crippen molar-refractivity contribution in [3.05, 3.63) is 78.1 Å². The molecule has 3 aromatic rings. The van der Waals surface area contributed by atoms with Crippen LogP contribution in [0.1, 0.15) is 12.5 Å². The van der Waals surface area contributed by atoms with Gasteiger partial charge in [0.2, 0.25) is 5.91 Å². The smallest absolute Gasteiger partial charge is 0.265 e. The lowest BCUT2D eigenvalue weighted by Crippen LogP contribution is -2.43. The Morgan fingerprint density at radius 2 is 1.78 bits per heavy atom. The van der Waals surface area contributed by atoms with Crippen molar-refractivity contribution in [2.24, 2.45) is 0 Å². The third-order valence-corrected chi connectivity index (χ3v) is 7.09. The van der Waals surface area contributed by atoms with Crippen molar-refractivity contribution < 1.29 is 22.3 Å². The topological polar surface area (TPSA) is 75.7 Å². The fourth-order valence-corrected chi connectivity index (χ4v) is 5.29. The maximum absolute atomic E-state index is 13.3. The monoisotopic (exact) mass is 454 g/mol. The number of sulfonamides is 1. The molecule has 1 aliphatic heterocycles. The number of ether oxygens (including phenoxy) is 1. The molecule has 166 valence electrons. The maximum atomic E-state index is 13.3. The van der Waals surface area contributed by atoms with Crippen molar-refractivity contribution in [3.63, 3.8) is 0 Å². The van der Waals surface area contributed by atoms with Gasteiger partial charge in [0.1, 0.15) is 24.7 Å². The lowest BCUT2D eigenvalue weighted by molar-refractivity contribution is -0.119. The van der Waals surface area contributed by atoms with Crippen LogP contribution in [0.4, 0.5) is 10.1 Å². The van der Waals surface area contributed by atoms with Gasteiger partial charge in [-0.1, -0.05) is 31.2 Å². The van der Waals surface area contributed by atoms with Crippen molar-refractivity contribution >= 4 is 21.6 Å². The highest BCUT2D eigenvalue weighted by Gasteiger charge is 2.35. The van der Waals surface area contributed by atoms with Crippen LogP contribution < -0.4 is 14.4 Å². The van der Waals surface area contributed by atoms with Crippen LogP contribution in [0.25, 0.3) is 11.1 Å². The third-order valence-electron chi connectivity index (χ3n) is 5.28. The van der Waals surface area contributed by atoms with Crippen LogP contribution in [0.3, 0.4) is 0 Å². The van der Waals surface area contributed by atoms with E-state index in [0.717, 1.165) is 21.9 Å². The molecule has 0 saturated carbocycles. The number of carbonyl (C=O) groups excluding carboxylic acids is 1. The van der Waals surface area contributed by atoms with E-state index in [4.69, 9.17) is 4.74 Å². The quantitative estimate of drug-likeness (QED) is 0.552. The summed E-state index contributed by atoms with van der Waals surface area (Å²) in [6, 6.07) is 18.0. The Bertz CT molecular complexity index is 1240. The van der Waals surface area contributed by atoms with Crippen LogP contribution in [0.15, 0.2) is 71.6 Å². The van der Waals surface area contributed by atoms with Crippen LogP contribution >= 0.6 is 0 Å². The minimum absolute atomic E-state index is 0.170. The van der Waals surface area contributed by atoms with Crippen LogP contribution in [0, 0.1) is 5.82 Å². The van der Waals surface area contributed by atoms with Crippen molar-refractivity contribution in [2.45, 2.75) is 18.2 Å². The molecule has 0 bridgehead atoms. The number of benzene rings is 3. The molecule has 1 amide bonds. The molecule has 0 spiro atoms. The lowest BCUT2D eigenvalue weighted by Gasteiger charge is -2.32. The van der Waals surface area contributed by atoms with Gasteiger partial charge in [0.15, 0.2) is 0 Å². The van der Waals surface area contributed by atoms with Crippen molar-refractivity contribution in [3.8, 4) is 16.9 Å². The van der Waals surface area contributed by atoms with Crippen molar-refractivity contribution in [2.75, 3.05) is 24.0 Å². The minimum Gasteiger partial charge on any atom is -0.492 e. The SMILES string of the molecule is CCc1ccc2c(c1)-c1ccccc1S(=O)(=O)N2CC(=O)NCCOc1ccc(F)cc1. The number of aryl methyl sites for hydroxylation is 1. The molecule has 0 unspecified atom stereocenters. The highest BCUT2D eigenvalue weighted by atomic mass is 32.2. The first-order valence-corrected chi connectivity index (χ1v) is 11.7. The van der Waals surface area contributed by atoms with Gasteiger partial charge < -0.3 is 10.1 Å². The van der Waals surface area contributed by atoms with Gasteiger partial charge in [0.25, 0.3) is 10.0 Å². The van der Waals surface area contributed by atoms with E-state index in [-0.39, 0.29) is 30.4 Å². The van der Waals surface area contributed by atoms with Gasteiger partial charge in [-0.25, -0.2) is 12.8 Å². The van der Waals surface area contributed by atoms with E-state index in [9.17, 15) is 17.6 Å². The molecule has 1 N–H and O–H groups in total. The zero-order chi connectivity index (χ0) is 22.7. The van der Waals surface area contributed by atoms with Gasteiger partial charge >= 0.3 is 0 Å². The van der Waals surface area contributed by atoms with Crippen LogP contribution in [-0.4, -0.2) is 34.0 Å². The molecule has 0 atom stereocenters. The summed E-state index contributed by atoms with van der Waals surface area (Å²) < 4.78 is 46.1. The van der Waals surface area contributed by atoms with Crippen LogP contribution in [0.5, 0.6) is 5.75 Å². The number of halogens is 1. The molecule has 1 aliphatic rings. The Morgan fingerprint density at radius 1 is 1.03 bits per heavy atom. The number of rotatable bonds is 7. The standard InChI is InChI=1S/C24H23FN2O4S/c1-2-17-7-12-22-21(15-17)20-5-3-4-6-23(20)32(29,30)27(22)16-24(28)26-13-14-31-19-10-8-18(25)9-11-19/h3-12,15H,2,13-14,16H2,1H3,(H,26,28). The van der Waals surface area contributed by atoms with Crippen LogP contribution in [0.2, 0.25) is 0 Å². The van der Waals surface area contributed by atoms with E-state index < -0.39 is 15.9 Å². The average molecular weight is 455 g/mol. The molecule has 8 heteroatoms. The second-order valence-corrected chi connectivity index (χ2v) is 9.20. The number of carbonyl (C=O) groups is 1. The first-order valence-electron chi connectivity index (χ1n) is 10.3. The number of fused-ring (bicyclic) bond motifs is 3. The zero-order valence-electron chi connectivity index (χ0n) is 17.5. The van der Waals surface area contributed by atoms with E-state index in [0.29, 0.717) is 17.0 Å². The highest BCUT2D eigenvalue weighted by molar-refractivity contribution is 7.93. The normalized spacial score (nSPS) is 13.8. The first kappa shape index (κ1) is 21.8. The number of nitrogens with zero attached hydrogens (tertiary/aromatic N) is 1. The van der Waals surface area contributed by atoms with E-state index in [1.807, 2.05) is 19.1 Å². The lowest BCUT2D eigenvalue weighted by atomic mass is 9.99. The molecule has 6 nitrogen and oxygen atoms in total. The average Bonchev–Trinajstić information content (AvgIpc) is 2.80. The Labute approximate surface area is 186 Å². The summed E-state index contributed by atoms with van der Waals surface area (Å²) in [6.45, 7) is 2.05. The molecule has 32 heavy (non-hydrogen) atoms. The van der Waals surface area contributed by atoms with Gasteiger partial charge in [-0.15, -0.1) is 0 Å². The maximum Gasteiger partial charge on any atom is 0.265 e. The number of hydrogen-bond acceptors (Lipinski definition) is 4. The predicted octanol–water partition coefficient (Wildman–Crippen LogP) is 3.76. The Hall–Kier alpha value is -3.39. The van der Waals surface area contributed by atoms with E-state index in [1.165, 1.54) is 24.3 Å². The minimum atomic E-state index is -3.88. The summed E-state index contributed by atoms with van der Waals surface area (Å²) in [5.74, 6) is -0.320. The molecule has 0 saturated heterocycles. The summed E-state index contributed by atoms with van der Waals surface area (Å²) >= 11 is 0. The van der Waals surface area contributed by atoms with Gasteiger partial charge in [0, 0.05) is 11.1 Å². The first-order chi connectivity index (χ1) is 15.4. The molecular weight excluding hydrogens is 431 g/mol. The molecule has 0 aromatic heterocycles. The second-order valence-electron chi connectivity index (χ2n) is 7.37.